The zero-order chi connectivity index (χ0) is 30.1. The van der Waals surface area contributed by atoms with E-state index in [4.69, 9.17) is 4.99 Å². The molecule has 0 N–H and O–H groups in total. The van der Waals surface area contributed by atoms with Gasteiger partial charge in [0, 0.05) is 0 Å². The Morgan fingerprint density at radius 3 is 1.60 bits per heavy atom. The van der Waals surface area contributed by atoms with E-state index in [2.05, 4.69) is 81.2 Å². The van der Waals surface area contributed by atoms with Crippen molar-refractivity contribution in [3.63, 3.8) is 0 Å². The van der Waals surface area contributed by atoms with Crippen LogP contribution >= 0.6 is 0 Å². The largest absolute Gasteiger partial charge is 0.188 e. The van der Waals surface area contributed by atoms with Gasteiger partial charge in [-0.1, -0.05) is 168 Å². The van der Waals surface area contributed by atoms with Crippen LogP contribution in [0.2, 0.25) is 0 Å². The Labute approximate surface area is 260 Å². The van der Waals surface area contributed by atoms with Crippen LogP contribution in [0, 0.1) is 0 Å². The highest BCUT2D eigenvalue weighted by Gasteiger charge is 2.11. The van der Waals surface area contributed by atoms with Crippen LogP contribution in [0.25, 0.3) is 0 Å². The summed E-state index contributed by atoms with van der Waals surface area (Å²) < 4.78 is 0. The summed E-state index contributed by atoms with van der Waals surface area (Å²) in [5, 5.41) is 0. The average Bonchev–Trinajstić information content (AvgIpc) is 2.99. The third-order valence-electron chi connectivity index (χ3n) is 8.63. The molecule has 0 radical (unpaired) electrons. The number of hydrogen-bond donors (Lipinski definition) is 0. The molecule has 234 valence electrons. The van der Waals surface area contributed by atoms with Crippen LogP contribution in [0.4, 0.5) is 11.4 Å². The molecule has 0 saturated heterocycles. The van der Waals surface area contributed by atoms with E-state index in [9.17, 15) is 0 Å². The van der Waals surface area contributed by atoms with Crippen molar-refractivity contribution in [1.82, 2.24) is 0 Å². The summed E-state index contributed by atoms with van der Waals surface area (Å²) >= 11 is 0. The normalized spacial score (nSPS) is 11.2. The number of aliphatic imine (C=N–C) groups is 2. The van der Waals surface area contributed by atoms with Crippen LogP contribution in [0.5, 0.6) is 0 Å². The van der Waals surface area contributed by atoms with Gasteiger partial charge in [0.25, 0.3) is 0 Å². The minimum Gasteiger partial charge on any atom is -0.188 e. The quantitative estimate of drug-likeness (QED) is 0.0835. The molecule has 2 rings (SSSR count). The lowest BCUT2D eigenvalue weighted by Gasteiger charge is -2.15. The van der Waals surface area contributed by atoms with Crippen LogP contribution in [0.15, 0.2) is 52.4 Å². The molecule has 0 saturated carbocycles. The molecule has 0 heterocycles. The molecule has 0 spiro atoms. The van der Waals surface area contributed by atoms with Crippen LogP contribution < -0.4 is 0 Å². The predicted molar refractivity (Wildman–Crippen MR) is 187 cm³/mol. The molecule has 2 aromatic carbocycles. The molecule has 2 nitrogen and oxygen atoms in total. The molecule has 0 unspecified atom stereocenters. The van der Waals surface area contributed by atoms with Crippen molar-refractivity contribution in [3.05, 3.63) is 59.2 Å². The summed E-state index contributed by atoms with van der Waals surface area (Å²) in [5.74, 6) is 0.439. The fourth-order valence-corrected chi connectivity index (χ4v) is 6.12. The molecule has 42 heavy (non-hydrogen) atoms. The average molecular weight is 573 g/mol. The zero-order valence-electron chi connectivity index (χ0n) is 28.1. The van der Waals surface area contributed by atoms with Crippen molar-refractivity contribution < 1.29 is 0 Å². The summed E-state index contributed by atoms with van der Waals surface area (Å²) in [6.07, 6.45) is 29.8. The first-order chi connectivity index (χ1) is 20.7. The Morgan fingerprint density at radius 1 is 0.548 bits per heavy atom. The molecule has 2 heteroatoms. The lowest BCUT2D eigenvalue weighted by Crippen LogP contribution is -1.97. The third kappa shape index (κ3) is 16.5. The Kier molecular flexibility index (Phi) is 20.8. The van der Waals surface area contributed by atoms with Crippen molar-refractivity contribution in [2.45, 2.75) is 175 Å². The Morgan fingerprint density at radius 2 is 1.05 bits per heavy atom. The van der Waals surface area contributed by atoms with E-state index >= 15 is 0 Å². The lowest BCUT2D eigenvalue weighted by molar-refractivity contribution is 0.556. The third-order valence-corrected chi connectivity index (χ3v) is 8.63. The predicted octanol–water partition coefficient (Wildman–Crippen LogP) is 13.9. The molecule has 0 aliphatic heterocycles. The van der Waals surface area contributed by atoms with Gasteiger partial charge in [0.1, 0.15) is 6.01 Å². The van der Waals surface area contributed by atoms with Gasteiger partial charge in [0.05, 0.1) is 11.4 Å². The van der Waals surface area contributed by atoms with Gasteiger partial charge in [-0.2, -0.15) is 9.98 Å². The van der Waals surface area contributed by atoms with E-state index in [1.807, 2.05) is 0 Å². The van der Waals surface area contributed by atoms with Gasteiger partial charge in [0.15, 0.2) is 0 Å². The highest BCUT2D eigenvalue weighted by Crippen LogP contribution is 2.31. The smallest absolute Gasteiger partial charge is 0.100 e. The van der Waals surface area contributed by atoms with Crippen LogP contribution in [0.1, 0.15) is 179 Å². The highest BCUT2D eigenvalue weighted by molar-refractivity contribution is 5.62. The molecule has 0 amide bonds. The van der Waals surface area contributed by atoms with Crippen molar-refractivity contribution in [2.75, 3.05) is 0 Å². The van der Waals surface area contributed by atoms with E-state index in [1.54, 1.807) is 0 Å². The molecule has 2 aromatic rings. The minimum absolute atomic E-state index is 0.439. The first-order valence-electron chi connectivity index (χ1n) is 18.0. The second-order valence-corrected chi connectivity index (χ2v) is 12.9. The number of aryl methyl sites for hydroxylation is 2. The highest BCUT2D eigenvalue weighted by atomic mass is 14.8. The number of rotatable bonds is 25. The number of unbranched alkanes of at least 4 members (excludes halogenated alkanes) is 18. The van der Waals surface area contributed by atoms with Gasteiger partial charge in [-0.3, -0.25) is 0 Å². The monoisotopic (exact) mass is 573 g/mol. The van der Waals surface area contributed by atoms with Gasteiger partial charge in [-0.05, 0) is 66.5 Å². The maximum absolute atomic E-state index is 4.72. The van der Waals surface area contributed by atoms with Crippen LogP contribution in [-0.4, -0.2) is 6.01 Å². The maximum Gasteiger partial charge on any atom is 0.100 e. The van der Waals surface area contributed by atoms with Crippen molar-refractivity contribution in [3.8, 4) is 0 Å². The van der Waals surface area contributed by atoms with Crippen molar-refractivity contribution >= 4 is 17.4 Å². The molecular formula is C40H64N2. The van der Waals surface area contributed by atoms with Gasteiger partial charge in [0.2, 0.25) is 0 Å². The van der Waals surface area contributed by atoms with E-state index in [0.29, 0.717) is 5.92 Å². The van der Waals surface area contributed by atoms with Crippen LogP contribution in [-0.2, 0) is 12.8 Å². The van der Waals surface area contributed by atoms with E-state index in [0.717, 1.165) is 24.2 Å². The number of hydrogen-bond acceptors (Lipinski definition) is 2. The molecule has 0 bridgehead atoms. The number of benzene rings is 2. The number of nitrogens with zero attached hydrogens (tertiary/aromatic N) is 2. The topological polar surface area (TPSA) is 24.7 Å². The summed E-state index contributed by atoms with van der Waals surface area (Å²) in [6, 6.07) is 18.3. The van der Waals surface area contributed by atoms with Crippen molar-refractivity contribution in [1.29, 1.82) is 0 Å². The van der Waals surface area contributed by atoms with E-state index < -0.39 is 0 Å². The first kappa shape index (κ1) is 36.0. The Bertz CT molecular complexity index is 998. The lowest BCUT2D eigenvalue weighted by atomic mass is 9.92. The SMILES string of the molecule is CCCCCCCCCCCCc1cccc(N=C=Nc2cccc(CCCCCCCCCCCC)c2C(C)C)c1. The second kappa shape index (κ2) is 24.3. The van der Waals surface area contributed by atoms with Crippen molar-refractivity contribution in [2.24, 2.45) is 9.98 Å². The zero-order valence-corrected chi connectivity index (χ0v) is 28.1. The molecule has 0 atom stereocenters. The summed E-state index contributed by atoms with van der Waals surface area (Å²) in [6.45, 7) is 9.15. The standard InChI is InChI=1S/C40H64N2/c1-5-7-9-11-13-15-17-19-21-23-27-36-28-25-31-38(33-36)41-34-42-39-32-26-30-37(40(39)35(3)4)29-24-22-20-18-16-14-12-10-8-6-2/h25-26,28,30-33,35H,5-24,27,29H2,1-4H3. The van der Waals surface area contributed by atoms with Gasteiger partial charge in [-0.15, -0.1) is 0 Å². The maximum atomic E-state index is 4.72. The molecular weight excluding hydrogens is 508 g/mol. The first-order valence-corrected chi connectivity index (χ1v) is 18.0. The van der Waals surface area contributed by atoms with Gasteiger partial charge in [-0.25, -0.2) is 0 Å². The van der Waals surface area contributed by atoms with Gasteiger partial charge < -0.3 is 0 Å². The molecule has 0 aromatic heterocycles. The van der Waals surface area contributed by atoms with E-state index in [-0.39, 0.29) is 0 Å². The summed E-state index contributed by atoms with van der Waals surface area (Å²) in [5.41, 5.74) is 6.17. The molecule has 0 aliphatic carbocycles. The van der Waals surface area contributed by atoms with E-state index in [1.165, 1.54) is 145 Å². The summed E-state index contributed by atoms with van der Waals surface area (Å²) in [4.78, 5) is 9.33. The Balaban J connectivity index is 1.79. The van der Waals surface area contributed by atoms with Crippen LogP contribution in [0.3, 0.4) is 0 Å². The fourth-order valence-electron chi connectivity index (χ4n) is 6.12. The molecule has 0 fully saturated rings. The molecule has 0 aliphatic rings. The second-order valence-electron chi connectivity index (χ2n) is 12.9. The Hall–Kier alpha value is -2.18. The van der Waals surface area contributed by atoms with Gasteiger partial charge >= 0.3 is 0 Å². The fraction of sp³-hybridized carbons (Fsp3) is 0.675. The minimum atomic E-state index is 0.439. The summed E-state index contributed by atoms with van der Waals surface area (Å²) in [7, 11) is 0.